The lowest BCUT2D eigenvalue weighted by Crippen LogP contribution is -2.14. The second-order valence-corrected chi connectivity index (χ2v) is 6.00. The monoisotopic (exact) mass is 222 g/mol. The number of ketones is 1. The molecular formula is C9H19O4P. The predicted molar refractivity (Wildman–Crippen MR) is 58.6 cm³/mol. The maximum atomic E-state index is 10.7. The van der Waals surface area contributed by atoms with Crippen molar-refractivity contribution in [2.45, 2.75) is 19.8 Å². The molecule has 0 fully saturated rings. The Labute approximate surface area is 85.0 Å². The average molecular weight is 222 g/mol. The van der Waals surface area contributed by atoms with E-state index in [1.165, 1.54) is 13.6 Å². The van der Waals surface area contributed by atoms with Crippen LogP contribution < -0.4 is 0 Å². The van der Waals surface area contributed by atoms with Gasteiger partial charge in [0.25, 0.3) is 0 Å². The second-order valence-electron chi connectivity index (χ2n) is 3.64. The lowest BCUT2D eigenvalue weighted by molar-refractivity contribution is -0.117. The molecule has 84 valence electrons. The van der Waals surface area contributed by atoms with Crippen LogP contribution in [0, 0.1) is 5.92 Å². The summed E-state index contributed by atoms with van der Waals surface area (Å²) in [7, 11) is -2.48. The van der Waals surface area contributed by atoms with Gasteiger partial charge in [0.2, 0.25) is 0 Å². The van der Waals surface area contributed by atoms with E-state index in [0.29, 0.717) is 12.8 Å². The largest absolute Gasteiger partial charge is 0.396 e. The zero-order valence-electron chi connectivity index (χ0n) is 8.77. The topological polar surface area (TPSA) is 66.8 Å². The fraction of sp³-hybridized carbons (Fsp3) is 0.778. The van der Waals surface area contributed by atoms with Gasteiger partial charge in [-0.05, 0) is 13.3 Å². The van der Waals surface area contributed by atoms with Crippen LogP contribution in [0.2, 0.25) is 0 Å². The first kappa shape index (κ1) is 13.8. The van der Waals surface area contributed by atoms with Crippen LogP contribution in [0.4, 0.5) is 0 Å². The summed E-state index contributed by atoms with van der Waals surface area (Å²) in [6.07, 6.45) is 4.49. The summed E-state index contributed by atoms with van der Waals surface area (Å²) < 4.78 is 5.10. The standard InChI is InChI=1S/C9H19O4P/c1-8(11)4-5-9(6-10)7-13-14(2,3)12/h9-10,12H,2,4-7H2,1,3H3. The number of aliphatic hydroxyl groups excluding tert-OH is 1. The molecule has 0 saturated carbocycles. The van der Waals surface area contributed by atoms with Crippen molar-refractivity contribution in [1.29, 1.82) is 0 Å². The molecule has 0 aromatic rings. The third-order valence-electron chi connectivity index (χ3n) is 1.75. The van der Waals surface area contributed by atoms with Gasteiger partial charge in [-0.2, -0.15) is 0 Å². The van der Waals surface area contributed by atoms with Crippen LogP contribution in [0.3, 0.4) is 0 Å². The molecule has 0 spiro atoms. The number of aliphatic hydroxyl groups is 1. The molecule has 0 saturated heterocycles. The van der Waals surface area contributed by atoms with Crippen LogP contribution in [0.15, 0.2) is 0 Å². The van der Waals surface area contributed by atoms with Gasteiger partial charge in [-0.15, -0.1) is 0 Å². The minimum Gasteiger partial charge on any atom is -0.396 e. The molecule has 0 heterocycles. The number of carbonyl (C=O) groups excluding carboxylic acids is 1. The van der Waals surface area contributed by atoms with Crippen molar-refractivity contribution in [2.24, 2.45) is 5.92 Å². The average Bonchev–Trinajstić information content (AvgIpc) is 2.02. The Bertz CT molecular complexity index is 221. The maximum absolute atomic E-state index is 10.7. The lowest BCUT2D eigenvalue weighted by atomic mass is 10.0. The summed E-state index contributed by atoms with van der Waals surface area (Å²) in [6, 6.07) is 0. The number of rotatable bonds is 7. The van der Waals surface area contributed by atoms with Gasteiger partial charge in [0.1, 0.15) is 13.1 Å². The quantitative estimate of drug-likeness (QED) is 0.627. The van der Waals surface area contributed by atoms with Crippen molar-refractivity contribution in [3.05, 3.63) is 0 Å². The van der Waals surface area contributed by atoms with E-state index in [4.69, 9.17) is 9.63 Å². The van der Waals surface area contributed by atoms with E-state index in [0.717, 1.165) is 0 Å². The summed E-state index contributed by atoms with van der Waals surface area (Å²) in [4.78, 5) is 20.0. The van der Waals surface area contributed by atoms with E-state index in [-0.39, 0.29) is 24.9 Å². The van der Waals surface area contributed by atoms with Crippen LogP contribution >= 0.6 is 7.34 Å². The van der Waals surface area contributed by atoms with E-state index in [1.54, 1.807) is 0 Å². The first-order valence-electron chi connectivity index (χ1n) is 4.53. The molecule has 2 atom stereocenters. The van der Waals surface area contributed by atoms with Crippen LogP contribution in [0.5, 0.6) is 0 Å². The fourth-order valence-electron chi connectivity index (χ4n) is 0.901. The highest BCUT2D eigenvalue weighted by atomic mass is 31.2. The van der Waals surface area contributed by atoms with Crippen molar-refractivity contribution in [1.82, 2.24) is 0 Å². The molecule has 0 amide bonds. The molecule has 14 heavy (non-hydrogen) atoms. The summed E-state index contributed by atoms with van der Waals surface area (Å²) in [6.45, 7) is 3.27. The Morgan fingerprint density at radius 3 is 2.57 bits per heavy atom. The minimum absolute atomic E-state index is 0.0344. The van der Waals surface area contributed by atoms with Gasteiger partial charge in [0.15, 0.2) is 0 Å². The molecule has 0 aromatic carbocycles. The molecule has 0 aliphatic rings. The maximum Gasteiger partial charge on any atom is 0.129 e. The van der Waals surface area contributed by atoms with Gasteiger partial charge in [-0.1, -0.05) is 6.30 Å². The van der Waals surface area contributed by atoms with Crippen molar-refractivity contribution < 1.29 is 19.3 Å². The van der Waals surface area contributed by atoms with E-state index >= 15 is 0 Å². The Balaban J connectivity index is 3.80. The third-order valence-corrected chi connectivity index (χ3v) is 2.46. The van der Waals surface area contributed by atoms with Crippen molar-refractivity contribution in [3.8, 4) is 0 Å². The van der Waals surface area contributed by atoms with Crippen LogP contribution in [0.1, 0.15) is 19.8 Å². The first-order chi connectivity index (χ1) is 6.35. The molecule has 0 radical (unpaired) electrons. The molecular weight excluding hydrogens is 203 g/mol. The Morgan fingerprint density at radius 1 is 1.64 bits per heavy atom. The molecule has 0 aliphatic heterocycles. The van der Waals surface area contributed by atoms with E-state index in [9.17, 15) is 9.69 Å². The number of hydrogen-bond acceptors (Lipinski definition) is 4. The molecule has 0 bridgehead atoms. The van der Waals surface area contributed by atoms with E-state index in [1.807, 2.05) is 0 Å². The van der Waals surface area contributed by atoms with Crippen LogP contribution in [-0.4, -0.2) is 42.0 Å². The Morgan fingerprint density at radius 2 is 2.21 bits per heavy atom. The lowest BCUT2D eigenvalue weighted by Gasteiger charge is -2.17. The fourth-order valence-corrected chi connectivity index (χ4v) is 1.43. The molecule has 2 N–H and O–H groups in total. The van der Waals surface area contributed by atoms with Crippen LogP contribution in [0.25, 0.3) is 0 Å². The SMILES string of the molecule is C=P(C)(O)OCC(CO)CCC(C)=O. The van der Waals surface area contributed by atoms with Crippen LogP contribution in [-0.2, 0) is 9.32 Å². The highest BCUT2D eigenvalue weighted by Crippen LogP contribution is 2.36. The van der Waals surface area contributed by atoms with Gasteiger partial charge in [-0.3, -0.25) is 0 Å². The predicted octanol–water partition coefficient (Wildman–Crippen LogP) is 0.882. The molecule has 0 aromatic heterocycles. The number of carbonyl (C=O) groups is 1. The van der Waals surface area contributed by atoms with Crippen molar-refractivity contribution >= 4 is 19.4 Å². The highest BCUT2D eigenvalue weighted by Gasteiger charge is 2.11. The zero-order chi connectivity index (χ0) is 11.2. The molecule has 5 heteroatoms. The second kappa shape index (κ2) is 6.36. The first-order valence-corrected chi connectivity index (χ1v) is 6.83. The van der Waals surface area contributed by atoms with Gasteiger partial charge in [0, 0.05) is 25.6 Å². The van der Waals surface area contributed by atoms with E-state index < -0.39 is 7.34 Å². The van der Waals surface area contributed by atoms with E-state index in [2.05, 4.69) is 6.30 Å². The number of hydrogen-bond donors (Lipinski definition) is 2. The summed E-state index contributed by atoms with van der Waals surface area (Å²) in [5, 5.41) is 8.95. The van der Waals surface area contributed by atoms with Gasteiger partial charge < -0.3 is 19.3 Å². The summed E-state index contributed by atoms with van der Waals surface area (Å²) in [5.74, 6) is 0.00625. The summed E-state index contributed by atoms with van der Waals surface area (Å²) in [5.41, 5.74) is 0. The third kappa shape index (κ3) is 8.45. The number of Topliss-reactive ketones (excluding diaryl/α,β-unsaturated/α-hetero) is 1. The van der Waals surface area contributed by atoms with Gasteiger partial charge in [-0.25, -0.2) is 0 Å². The summed E-state index contributed by atoms with van der Waals surface area (Å²) >= 11 is 0. The van der Waals surface area contributed by atoms with Gasteiger partial charge in [0.05, 0.1) is 6.61 Å². The smallest absolute Gasteiger partial charge is 0.129 e. The Hall–Kier alpha value is -0.150. The normalized spacial score (nSPS) is 17.4. The van der Waals surface area contributed by atoms with Gasteiger partial charge >= 0.3 is 0 Å². The molecule has 0 rings (SSSR count). The van der Waals surface area contributed by atoms with Crippen molar-refractivity contribution in [3.63, 3.8) is 0 Å². The minimum atomic E-state index is -2.48. The Kier molecular flexibility index (Phi) is 6.29. The molecule has 4 nitrogen and oxygen atoms in total. The highest BCUT2D eigenvalue weighted by molar-refractivity contribution is 7.62. The molecule has 2 unspecified atom stereocenters. The zero-order valence-corrected chi connectivity index (χ0v) is 9.67. The molecule has 0 aliphatic carbocycles. The van der Waals surface area contributed by atoms with Crippen molar-refractivity contribution in [2.75, 3.05) is 19.9 Å².